The third-order valence-electron chi connectivity index (χ3n) is 3.72. The van der Waals surface area contributed by atoms with E-state index in [2.05, 4.69) is 0 Å². The van der Waals surface area contributed by atoms with E-state index in [-0.39, 0.29) is 23.0 Å². The van der Waals surface area contributed by atoms with Gasteiger partial charge in [0.05, 0.1) is 11.1 Å². The van der Waals surface area contributed by atoms with Crippen LogP contribution < -0.4 is 9.47 Å². The van der Waals surface area contributed by atoms with E-state index < -0.39 is 23.5 Å². The second-order valence-electron chi connectivity index (χ2n) is 5.81. The van der Waals surface area contributed by atoms with Gasteiger partial charge in [0.1, 0.15) is 23.0 Å². The van der Waals surface area contributed by atoms with Crippen molar-refractivity contribution in [3.8, 4) is 23.0 Å². The lowest BCUT2D eigenvalue weighted by atomic mass is 10.2. The molecule has 0 N–H and O–H groups in total. The molecule has 0 unspecified atom stereocenters. The summed E-state index contributed by atoms with van der Waals surface area (Å²) in [5.41, 5.74) is -1.86. The van der Waals surface area contributed by atoms with Crippen LogP contribution in [0.5, 0.6) is 23.0 Å². The Morgan fingerprint density at radius 1 is 0.586 bits per heavy atom. The minimum absolute atomic E-state index is 0.0766. The summed E-state index contributed by atoms with van der Waals surface area (Å²) in [4.78, 5) is 0. The lowest BCUT2D eigenvalue weighted by Crippen LogP contribution is -2.07. The number of benzene rings is 3. The molecule has 3 rings (SSSR count). The van der Waals surface area contributed by atoms with Gasteiger partial charge in [-0.25, -0.2) is 0 Å². The van der Waals surface area contributed by atoms with E-state index in [0.29, 0.717) is 3.57 Å². The van der Waals surface area contributed by atoms with Crippen LogP contribution in [0, 0.1) is 3.57 Å². The van der Waals surface area contributed by atoms with Crippen LogP contribution in [0.3, 0.4) is 0 Å². The van der Waals surface area contributed by atoms with Crippen molar-refractivity contribution in [2.45, 2.75) is 12.4 Å². The van der Waals surface area contributed by atoms with Gasteiger partial charge in [0.25, 0.3) is 0 Å². The van der Waals surface area contributed by atoms with Crippen LogP contribution in [0.25, 0.3) is 0 Å². The molecule has 0 aromatic heterocycles. The summed E-state index contributed by atoms with van der Waals surface area (Å²) in [6.07, 6.45) is -9.18. The summed E-state index contributed by atoms with van der Waals surface area (Å²) in [6, 6.07) is 13.6. The standard InChI is InChI=1S/C20H11F6IO2/c21-19(22,23)15-3-1-2-4-17(15)28-13-6-8-14(9-7-13)29-18-10-5-12(27)11-16(18)20(24,25)26/h1-11H. The fourth-order valence-corrected chi connectivity index (χ4v) is 2.92. The summed E-state index contributed by atoms with van der Waals surface area (Å²) >= 11 is 1.76. The number of ether oxygens (including phenoxy) is 2. The van der Waals surface area contributed by atoms with Crippen LogP contribution in [0.15, 0.2) is 66.7 Å². The number of para-hydroxylation sites is 1. The van der Waals surface area contributed by atoms with Gasteiger partial charge in [0.2, 0.25) is 0 Å². The lowest BCUT2D eigenvalue weighted by Gasteiger charge is -2.15. The minimum atomic E-state index is -4.60. The molecule has 3 aromatic rings. The molecule has 0 heterocycles. The molecule has 0 radical (unpaired) electrons. The van der Waals surface area contributed by atoms with Crippen LogP contribution in [0.2, 0.25) is 0 Å². The molecular formula is C20H11F6IO2. The third kappa shape index (κ3) is 5.34. The van der Waals surface area contributed by atoms with Gasteiger partial charge in [-0.1, -0.05) is 12.1 Å². The zero-order valence-corrected chi connectivity index (χ0v) is 16.5. The second-order valence-corrected chi connectivity index (χ2v) is 7.05. The van der Waals surface area contributed by atoms with Crippen molar-refractivity contribution in [1.29, 1.82) is 0 Å². The molecule has 2 nitrogen and oxygen atoms in total. The lowest BCUT2D eigenvalue weighted by molar-refractivity contribution is -0.139. The molecular weight excluding hydrogens is 513 g/mol. The Balaban J connectivity index is 1.81. The monoisotopic (exact) mass is 524 g/mol. The molecule has 0 saturated carbocycles. The number of hydrogen-bond donors (Lipinski definition) is 0. The zero-order chi connectivity index (χ0) is 21.2. The number of rotatable bonds is 4. The Bertz CT molecular complexity index is 997. The van der Waals surface area contributed by atoms with E-state index in [0.717, 1.165) is 12.1 Å². The predicted octanol–water partition coefficient (Wildman–Crippen LogP) is 7.91. The molecule has 152 valence electrons. The highest BCUT2D eigenvalue weighted by Gasteiger charge is 2.35. The van der Waals surface area contributed by atoms with Gasteiger partial charge >= 0.3 is 12.4 Å². The average molecular weight is 524 g/mol. The zero-order valence-electron chi connectivity index (χ0n) is 14.3. The second kappa shape index (κ2) is 8.13. The Kier molecular flexibility index (Phi) is 5.97. The van der Waals surface area contributed by atoms with Gasteiger partial charge in [-0.2, -0.15) is 26.3 Å². The maximum Gasteiger partial charge on any atom is 0.420 e. The summed E-state index contributed by atoms with van der Waals surface area (Å²) < 4.78 is 89.6. The minimum Gasteiger partial charge on any atom is -0.457 e. The number of alkyl halides is 6. The molecule has 0 atom stereocenters. The molecule has 0 spiro atoms. The van der Waals surface area contributed by atoms with E-state index in [4.69, 9.17) is 9.47 Å². The first-order chi connectivity index (χ1) is 13.5. The van der Waals surface area contributed by atoms with E-state index in [1.807, 2.05) is 0 Å². The normalized spacial score (nSPS) is 12.0. The van der Waals surface area contributed by atoms with Crippen molar-refractivity contribution in [3.63, 3.8) is 0 Å². The van der Waals surface area contributed by atoms with Crippen molar-refractivity contribution in [1.82, 2.24) is 0 Å². The molecule has 29 heavy (non-hydrogen) atoms. The highest BCUT2D eigenvalue weighted by atomic mass is 127. The van der Waals surface area contributed by atoms with E-state index in [9.17, 15) is 26.3 Å². The smallest absolute Gasteiger partial charge is 0.420 e. The van der Waals surface area contributed by atoms with Crippen molar-refractivity contribution in [3.05, 3.63) is 81.4 Å². The molecule has 0 bridgehead atoms. The van der Waals surface area contributed by atoms with Gasteiger partial charge in [0.15, 0.2) is 0 Å². The van der Waals surface area contributed by atoms with Crippen LogP contribution in [-0.2, 0) is 12.4 Å². The quantitative estimate of drug-likeness (QED) is 0.255. The van der Waals surface area contributed by atoms with Crippen molar-refractivity contribution in [2.24, 2.45) is 0 Å². The number of halogens is 7. The largest absolute Gasteiger partial charge is 0.457 e. The van der Waals surface area contributed by atoms with Crippen LogP contribution in [0.1, 0.15) is 11.1 Å². The first-order valence-corrected chi connectivity index (χ1v) is 9.10. The average Bonchev–Trinajstić information content (AvgIpc) is 2.63. The predicted molar refractivity (Wildman–Crippen MR) is 102 cm³/mol. The molecule has 3 aromatic carbocycles. The molecule has 0 aliphatic heterocycles. The Morgan fingerprint density at radius 3 is 1.59 bits per heavy atom. The summed E-state index contributed by atoms with van der Waals surface area (Å²) in [5.74, 6) is -0.611. The summed E-state index contributed by atoms with van der Waals surface area (Å²) in [6.45, 7) is 0. The molecule has 9 heteroatoms. The van der Waals surface area contributed by atoms with Crippen molar-refractivity contribution < 1.29 is 35.8 Å². The molecule has 0 fully saturated rings. The van der Waals surface area contributed by atoms with E-state index >= 15 is 0 Å². The van der Waals surface area contributed by atoms with Crippen LogP contribution >= 0.6 is 22.6 Å². The number of hydrogen-bond acceptors (Lipinski definition) is 2. The third-order valence-corrected chi connectivity index (χ3v) is 4.39. The van der Waals surface area contributed by atoms with E-state index in [1.165, 1.54) is 54.6 Å². The maximum absolute atomic E-state index is 13.2. The fourth-order valence-electron chi connectivity index (χ4n) is 2.43. The first kappa shape index (κ1) is 21.3. The van der Waals surface area contributed by atoms with Gasteiger partial charge in [-0.15, -0.1) is 0 Å². The van der Waals surface area contributed by atoms with Gasteiger partial charge in [0, 0.05) is 3.57 Å². The topological polar surface area (TPSA) is 18.5 Å². The summed E-state index contributed by atoms with van der Waals surface area (Å²) in [5, 5.41) is 0. The SMILES string of the molecule is FC(F)(F)c1ccccc1Oc1ccc(Oc2ccc(I)cc2C(F)(F)F)cc1. The Morgan fingerprint density at radius 2 is 1.07 bits per heavy atom. The Hall–Kier alpha value is -2.43. The molecule has 0 saturated heterocycles. The van der Waals surface area contributed by atoms with Crippen LogP contribution in [-0.4, -0.2) is 0 Å². The molecule has 0 aliphatic carbocycles. The highest BCUT2D eigenvalue weighted by molar-refractivity contribution is 14.1. The van der Waals surface area contributed by atoms with Crippen molar-refractivity contribution in [2.75, 3.05) is 0 Å². The van der Waals surface area contributed by atoms with Gasteiger partial charge < -0.3 is 9.47 Å². The highest BCUT2D eigenvalue weighted by Crippen LogP contribution is 2.40. The van der Waals surface area contributed by atoms with Gasteiger partial charge in [-0.05, 0) is 77.2 Å². The fraction of sp³-hybridized carbons (Fsp3) is 0.100. The van der Waals surface area contributed by atoms with Crippen molar-refractivity contribution >= 4 is 22.6 Å². The van der Waals surface area contributed by atoms with Crippen LogP contribution in [0.4, 0.5) is 26.3 Å². The Labute approximate surface area is 175 Å². The first-order valence-electron chi connectivity index (χ1n) is 8.03. The maximum atomic E-state index is 13.2. The van der Waals surface area contributed by atoms with Gasteiger partial charge in [-0.3, -0.25) is 0 Å². The molecule has 0 aliphatic rings. The molecule has 0 amide bonds. The van der Waals surface area contributed by atoms with E-state index in [1.54, 1.807) is 22.6 Å². The summed E-state index contributed by atoms with van der Waals surface area (Å²) in [7, 11) is 0.